The van der Waals surface area contributed by atoms with E-state index < -0.39 is 0 Å². The molecule has 7 nitrogen and oxygen atoms in total. The molecule has 0 spiro atoms. The number of anilines is 1. The second-order valence-corrected chi connectivity index (χ2v) is 5.78. The lowest BCUT2D eigenvalue weighted by Crippen LogP contribution is -3.16. The fourth-order valence-electron chi connectivity index (χ4n) is 2.46. The molecule has 1 aliphatic rings. The zero-order chi connectivity index (χ0) is 16.8. The van der Waals surface area contributed by atoms with Crippen molar-refractivity contribution in [3.8, 4) is 0 Å². The van der Waals surface area contributed by atoms with Crippen molar-refractivity contribution in [2.75, 3.05) is 38.0 Å². The van der Waals surface area contributed by atoms with Crippen LogP contribution in [-0.4, -0.2) is 50.4 Å². The van der Waals surface area contributed by atoms with Crippen molar-refractivity contribution < 1.29 is 19.3 Å². The van der Waals surface area contributed by atoms with Crippen LogP contribution in [0.25, 0.3) is 0 Å². The van der Waals surface area contributed by atoms with E-state index in [4.69, 9.17) is 0 Å². The van der Waals surface area contributed by atoms with E-state index in [0.29, 0.717) is 19.6 Å². The lowest BCUT2D eigenvalue weighted by atomic mass is 10.1. The van der Waals surface area contributed by atoms with E-state index in [-0.39, 0.29) is 30.8 Å². The molecule has 0 saturated carbocycles. The van der Waals surface area contributed by atoms with Crippen molar-refractivity contribution in [3.63, 3.8) is 0 Å². The Hall–Kier alpha value is -2.41. The van der Waals surface area contributed by atoms with Crippen LogP contribution in [0.3, 0.4) is 0 Å². The number of rotatable bonds is 5. The van der Waals surface area contributed by atoms with Crippen LogP contribution in [0.5, 0.6) is 0 Å². The highest BCUT2D eigenvalue weighted by atomic mass is 16.2. The molecule has 0 radical (unpaired) electrons. The van der Waals surface area contributed by atoms with Gasteiger partial charge < -0.3 is 20.9 Å². The van der Waals surface area contributed by atoms with Gasteiger partial charge in [-0.15, -0.1) is 0 Å². The fraction of sp³-hybridized carbons (Fsp3) is 0.438. The highest BCUT2D eigenvalue weighted by Crippen LogP contribution is 2.17. The third-order valence-corrected chi connectivity index (χ3v) is 3.95. The summed E-state index contributed by atoms with van der Waals surface area (Å²) in [6, 6.07) is 5.68. The molecule has 0 aromatic heterocycles. The van der Waals surface area contributed by atoms with Crippen LogP contribution >= 0.6 is 0 Å². The third kappa shape index (κ3) is 5.07. The average molecular weight is 319 g/mol. The number of amides is 3. The Morgan fingerprint density at radius 2 is 2.04 bits per heavy atom. The number of hydrogen-bond donors (Lipinski definition) is 4. The van der Waals surface area contributed by atoms with Gasteiger partial charge in [0.25, 0.3) is 11.8 Å². The van der Waals surface area contributed by atoms with Gasteiger partial charge in [0.2, 0.25) is 5.91 Å². The first-order chi connectivity index (χ1) is 11.0. The second-order valence-electron chi connectivity index (χ2n) is 5.78. The van der Waals surface area contributed by atoms with Crippen LogP contribution in [0.4, 0.5) is 5.69 Å². The van der Waals surface area contributed by atoms with Crippen molar-refractivity contribution in [2.45, 2.75) is 13.8 Å². The van der Waals surface area contributed by atoms with Gasteiger partial charge in [0, 0.05) is 5.69 Å². The zero-order valence-corrected chi connectivity index (χ0v) is 13.5. The Kier molecular flexibility index (Phi) is 5.70. The summed E-state index contributed by atoms with van der Waals surface area (Å²) >= 11 is 0. The van der Waals surface area contributed by atoms with Gasteiger partial charge in [-0.05, 0) is 31.0 Å². The topological polar surface area (TPSA) is 91.7 Å². The predicted octanol–water partition coefficient (Wildman–Crippen LogP) is -1.63. The van der Waals surface area contributed by atoms with E-state index in [1.165, 1.54) is 0 Å². The van der Waals surface area contributed by atoms with Crippen molar-refractivity contribution in [3.05, 3.63) is 29.3 Å². The van der Waals surface area contributed by atoms with Crippen molar-refractivity contribution in [1.29, 1.82) is 0 Å². The van der Waals surface area contributed by atoms with Gasteiger partial charge in [-0.2, -0.15) is 0 Å². The van der Waals surface area contributed by atoms with E-state index >= 15 is 0 Å². The first-order valence-corrected chi connectivity index (χ1v) is 7.68. The molecule has 0 aliphatic carbocycles. The van der Waals surface area contributed by atoms with Crippen LogP contribution in [0.1, 0.15) is 11.1 Å². The minimum atomic E-state index is -0.265. The molecule has 124 valence electrons. The van der Waals surface area contributed by atoms with Crippen molar-refractivity contribution >= 4 is 23.4 Å². The van der Waals surface area contributed by atoms with Crippen molar-refractivity contribution in [2.24, 2.45) is 0 Å². The fourth-order valence-corrected chi connectivity index (χ4v) is 2.46. The summed E-state index contributed by atoms with van der Waals surface area (Å²) in [7, 11) is 0. The maximum absolute atomic E-state index is 11.9. The molecule has 1 aromatic carbocycles. The Balaban J connectivity index is 1.76. The van der Waals surface area contributed by atoms with Crippen LogP contribution in [0.15, 0.2) is 18.2 Å². The van der Waals surface area contributed by atoms with E-state index in [2.05, 4.69) is 16.0 Å². The lowest BCUT2D eigenvalue weighted by molar-refractivity contribution is -0.885. The Morgan fingerprint density at radius 3 is 2.78 bits per heavy atom. The van der Waals surface area contributed by atoms with Gasteiger partial charge in [0.05, 0.1) is 19.6 Å². The monoisotopic (exact) mass is 319 g/mol. The van der Waals surface area contributed by atoms with E-state index in [1.807, 2.05) is 32.0 Å². The highest BCUT2D eigenvalue weighted by molar-refractivity contribution is 5.95. The van der Waals surface area contributed by atoms with Gasteiger partial charge in [0.15, 0.2) is 13.1 Å². The minimum Gasteiger partial charge on any atom is -0.346 e. The summed E-state index contributed by atoms with van der Waals surface area (Å²) in [5, 5.41) is 8.10. The van der Waals surface area contributed by atoms with Crippen LogP contribution in [0.2, 0.25) is 0 Å². The number of carbonyl (C=O) groups excluding carboxylic acids is 3. The summed E-state index contributed by atoms with van der Waals surface area (Å²) in [4.78, 5) is 35.9. The molecule has 1 aromatic rings. The molecular weight excluding hydrogens is 296 g/mol. The molecule has 1 heterocycles. The molecule has 23 heavy (non-hydrogen) atoms. The number of aryl methyl sites for hydroxylation is 1. The summed E-state index contributed by atoms with van der Waals surface area (Å²) in [5.41, 5.74) is 2.86. The quantitative estimate of drug-likeness (QED) is 0.525. The summed E-state index contributed by atoms with van der Waals surface area (Å²) in [6.07, 6.45) is 0. The molecule has 3 amide bonds. The van der Waals surface area contributed by atoms with E-state index in [0.717, 1.165) is 21.7 Å². The Labute approximate surface area is 135 Å². The summed E-state index contributed by atoms with van der Waals surface area (Å²) < 4.78 is 0. The molecular formula is C16H23N4O3+. The lowest BCUT2D eigenvalue weighted by Gasteiger charge is -2.22. The van der Waals surface area contributed by atoms with Gasteiger partial charge in [-0.1, -0.05) is 12.1 Å². The maximum Gasteiger partial charge on any atom is 0.275 e. The average Bonchev–Trinajstić information content (AvgIpc) is 2.50. The van der Waals surface area contributed by atoms with Gasteiger partial charge in [0.1, 0.15) is 0 Å². The standard InChI is InChI=1S/C16H22N4O3/c1-11-4-3-5-13(12(11)2)19-14(21)8-18-16(23)10-20-7-6-17-15(22)9-20/h3-5H,6-10H2,1-2H3,(H,17,22)(H,18,23)(H,19,21)/p+1. The highest BCUT2D eigenvalue weighted by Gasteiger charge is 2.22. The molecule has 0 bridgehead atoms. The normalized spacial score (nSPS) is 17.3. The molecule has 1 aliphatic heterocycles. The number of quaternary nitrogens is 1. The zero-order valence-electron chi connectivity index (χ0n) is 13.5. The number of hydrogen-bond acceptors (Lipinski definition) is 3. The number of carbonyl (C=O) groups is 3. The molecule has 1 saturated heterocycles. The third-order valence-electron chi connectivity index (χ3n) is 3.95. The van der Waals surface area contributed by atoms with Crippen LogP contribution in [0, 0.1) is 13.8 Å². The number of piperazine rings is 1. The Morgan fingerprint density at radius 1 is 1.26 bits per heavy atom. The maximum atomic E-state index is 11.9. The predicted molar refractivity (Wildman–Crippen MR) is 86.1 cm³/mol. The Bertz CT molecular complexity index is 615. The van der Waals surface area contributed by atoms with E-state index in [1.54, 1.807) is 0 Å². The molecule has 1 atom stereocenters. The first kappa shape index (κ1) is 17.0. The molecule has 4 N–H and O–H groups in total. The smallest absolute Gasteiger partial charge is 0.275 e. The van der Waals surface area contributed by atoms with Crippen LogP contribution in [-0.2, 0) is 14.4 Å². The number of benzene rings is 1. The largest absolute Gasteiger partial charge is 0.346 e. The second kappa shape index (κ2) is 7.73. The SMILES string of the molecule is Cc1cccc(NC(=O)CNC(=O)C[NH+]2CCNC(=O)C2)c1C. The molecule has 7 heteroatoms. The van der Waals surface area contributed by atoms with Gasteiger partial charge in [-0.25, -0.2) is 0 Å². The number of nitrogens with one attached hydrogen (secondary N) is 4. The molecule has 2 rings (SSSR count). The minimum absolute atomic E-state index is 0.0493. The van der Waals surface area contributed by atoms with Gasteiger partial charge in [-0.3, -0.25) is 14.4 Å². The van der Waals surface area contributed by atoms with Gasteiger partial charge >= 0.3 is 0 Å². The molecule has 1 unspecified atom stereocenters. The van der Waals surface area contributed by atoms with E-state index in [9.17, 15) is 14.4 Å². The van der Waals surface area contributed by atoms with Crippen molar-refractivity contribution in [1.82, 2.24) is 10.6 Å². The van der Waals surface area contributed by atoms with Crippen LogP contribution < -0.4 is 20.9 Å². The molecule has 1 fully saturated rings. The summed E-state index contributed by atoms with van der Waals surface area (Å²) in [6.45, 7) is 5.62. The summed E-state index contributed by atoms with van der Waals surface area (Å²) in [5.74, 6) is -0.545. The first-order valence-electron chi connectivity index (χ1n) is 7.68.